The summed E-state index contributed by atoms with van der Waals surface area (Å²) in [6, 6.07) is 14.8. The van der Waals surface area contributed by atoms with E-state index >= 15 is 0 Å². The molecule has 4 nitrogen and oxygen atoms in total. The second kappa shape index (κ2) is 8.77. The number of carbonyl (C=O) groups excluding carboxylic acids is 1. The van der Waals surface area contributed by atoms with E-state index in [0.717, 1.165) is 17.7 Å². The van der Waals surface area contributed by atoms with Gasteiger partial charge in [-0.1, -0.05) is 61.2 Å². The third-order valence-electron chi connectivity index (χ3n) is 5.35. The van der Waals surface area contributed by atoms with Gasteiger partial charge in [0.15, 0.2) is 0 Å². The summed E-state index contributed by atoms with van der Waals surface area (Å²) in [5, 5.41) is 4.72. The molecule has 7 heteroatoms. The molecule has 1 aromatic heterocycles. The minimum absolute atomic E-state index is 0.0381. The third-order valence-corrected chi connectivity index (χ3v) is 6.68. The van der Waals surface area contributed by atoms with Gasteiger partial charge in [0.1, 0.15) is 15.8 Å². The zero-order valence-electron chi connectivity index (χ0n) is 17.5. The van der Waals surface area contributed by atoms with Crippen molar-refractivity contribution in [3.8, 4) is 16.9 Å². The van der Waals surface area contributed by atoms with Crippen LogP contribution in [0.25, 0.3) is 23.0 Å². The molecule has 1 aliphatic heterocycles. The Morgan fingerprint density at radius 3 is 2.65 bits per heavy atom. The van der Waals surface area contributed by atoms with E-state index in [1.54, 1.807) is 28.6 Å². The summed E-state index contributed by atoms with van der Waals surface area (Å²) in [4.78, 5) is 15.2. The van der Waals surface area contributed by atoms with Crippen molar-refractivity contribution in [2.45, 2.75) is 33.2 Å². The van der Waals surface area contributed by atoms with Crippen LogP contribution in [-0.4, -0.2) is 30.9 Å². The van der Waals surface area contributed by atoms with Gasteiger partial charge in [-0.25, -0.2) is 9.07 Å². The minimum Gasteiger partial charge on any atom is -0.290 e. The normalized spacial score (nSPS) is 16.4. The van der Waals surface area contributed by atoms with Gasteiger partial charge in [0.05, 0.1) is 10.6 Å². The van der Waals surface area contributed by atoms with Gasteiger partial charge in [-0.05, 0) is 50.1 Å². The molecule has 158 valence electrons. The molecule has 0 radical (unpaired) electrons. The Hall–Kier alpha value is -2.77. The Morgan fingerprint density at radius 2 is 1.97 bits per heavy atom. The zero-order chi connectivity index (χ0) is 22.1. The Morgan fingerprint density at radius 1 is 1.23 bits per heavy atom. The fraction of sp³-hybridized carbons (Fsp3) is 0.208. The lowest BCUT2D eigenvalue weighted by molar-refractivity contribution is -0.123. The quantitative estimate of drug-likeness (QED) is 0.353. The van der Waals surface area contributed by atoms with Gasteiger partial charge in [-0.3, -0.25) is 9.69 Å². The molecule has 1 saturated heterocycles. The minimum atomic E-state index is -0.291. The van der Waals surface area contributed by atoms with Crippen LogP contribution in [0.1, 0.15) is 31.4 Å². The van der Waals surface area contributed by atoms with Gasteiger partial charge in [0, 0.05) is 23.4 Å². The summed E-state index contributed by atoms with van der Waals surface area (Å²) in [7, 11) is 0. The predicted octanol–water partition coefficient (Wildman–Crippen LogP) is 5.99. The number of amides is 1. The number of rotatable bonds is 5. The molecule has 1 atom stereocenters. The fourth-order valence-corrected chi connectivity index (χ4v) is 4.81. The van der Waals surface area contributed by atoms with Crippen molar-refractivity contribution in [3.05, 3.63) is 76.6 Å². The van der Waals surface area contributed by atoms with E-state index < -0.39 is 0 Å². The highest BCUT2D eigenvalue weighted by Crippen LogP contribution is 2.36. The number of halogens is 1. The van der Waals surface area contributed by atoms with Crippen molar-refractivity contribution < 1.29 is 9.18 Å². The maximum absolute atomic E-state index is 14.3. The van der Waals surface area contributed by atoms with Crippen LogP contribution in [0.5, 0.6) is 0 Å². The van der Waals surface area contributed by atoms with Gasteiger partial charge in [-0.2, -0.15) is 5.10 Å². The second-order valence-electron chi connectivity index (χ2n) is 7.49. The molecule has 1 fully saturated rings. The maximum Gasteiger partial charge on any atom is 0.266 e. The summed E-state index contributed by atoms with van der Waals surface area (Å²) < 4.78 is 16.6. The first-order valence-electron chi connectivity index (χ1n) is 10.1. The number of thiocarbonyl (C=S) groups is 1. The smallest absolute Gasteiger partial charge is 0.266 e. The van der Waals surface area contributed by atoms with Crippen LogP contribution in [0.2, 0.25) is 0 Å². The van der Waals surface area contributed by atoms with Crippen molar-refractivity contribution in [1.82, 2.24) is 14.7 Å². The van der Waals surface area contributed by atoms with Crippen LogP contribution in [0.15, 0.2) is 59.6 Å². The molecule has 2 aromatic carbocycles. The van der Waals surface area contributed by atoms with E-state index in [1.165, 1.54) is 17.8 Å². The molecule has 2 heterocycles. The van der Waals surface area contributed by atoms with Crippen molar-refractivity contribution in [2.24, 2.45) is 0 Å². The average molecular weight is 452 g/mol. The van der Waals surface area contributed by atoms with Crippen LogP contribution < -0.4 is 0 Å². The summed E-state index contributed by atoms with van der Waals surface area (Å²) >= 11 is 6.74. The number of hydrogen-bond acceptors (Lipinski definition) is 4. The van der Waals surface area contributed by atoms with E-state index in [4.69, 9.17) is 17.3 Å². The van der Waals surface area contributed by atoms with E-state index in [2.05, 4.69) is 0 Å². The summed E-state index contributed by atoms with van der Waals surface area (Å²) in [5.41, 5.74) is 3.44. The van der Waals surface area contributed by atoms with Crippen molar-refractivity contribution >= 4 is 40.3 Å². The highest BCUT2D eigenvalue weighted by Gasteiger charge is 2.35. The first-order chi connectivity index (χ1) is 14.9. The number of carbonyl (C=O) groups is 1. The molecular formula is C24H22FN3OS2. The lowest BCUT2D eigenvalue weighted by Crippen LogP contribution is -2.36. The van der Waals surface area contributed by atoms with E-state index in [9.17, 15) is 9.18 Å². The molecule has 1 aliphatic rings. The third kappa shape index (κ3) is 4.20. The molecule has 3 aromatic rings. The highest BCUT2D eigenvalue weighted by atomic mass is 32.2. The van der Waals surface area contributed by atoms with E-state index in [0.29, 0.717) is 26.0 Å². The lowest BCUT2D eigenvalue weighted by Gasteiger charge is -2.21. The molecule has 0 N–H and O–H groups in total. The number of nitrogens with zero attached hydrogens (tertiary/aromatic N) is 3. The number of aromatic nitrogens is 2. The van der Waals surface area contributed by atoms with Gasteiger partial charge < -0.3 is 0 Å². The van der Waals surface area contributed by atoms with Crippen LogP contribution in [-0.2, 0) is 4.79 Å². The van der Waals surface area contributed by atoms with E-state index in [1.807, 2.05) is 56.4 Å². The predicted molar refractivity (Wildman–Crippen MR) is 128 cm³/mol. The molecule has 4 rings (SSSR count). The van der Waals surface area contributed by atoms with Gasteiger partial charge in [-0.15, -0.1) is 0 Å². The molecule has 0 aliphatic carbocycles. The molecule has 1 unspecified atom stereocenters. The lowest BCUT2D eigenvalue weighted by atomic mass is 10.1. The molecule has 0 spiro atoms. The van der Waals surface area contributed by atoms with Crippen molar-refractivity contribution in [3.63, 3.8) is 0 Å². The summed E-state index contributed by atoms with van der Waals surface area (Å²) in [6.45, 7) is 5.74. The second-order valence-corrected chi connectivity index (χ2v) is 9.16. The molecule has 0 saturated carbocycles. The van der Waals surface area contributed by atoms with Gasteiger partial charge in [0.2, 0.25) is 0 Å². The van der Waals surface area contributed by atoms with Gasteiger partial charge >= 0.3 is 0 Å². The highest BCUT2D eigenvalue weighted by molar-refractivity contribution is 8.26. The first-order valence-corrected chi connectivity index (χ1v) is 11.3. The fourth-order valence-electron chi connectivity index (χ4n) is 3.35. The van der Waals surface area contributed by atoms with Crippen LogP contribution in [0.4, 0.5) is 4.39 Å². The summed E-state index contributed by atoms with van der Waals surface area (Å²) in [5.74, 6) is -0.390. The topological polar surface area (TPSA) is 38.1 Å². The molecular weight excluding hydrogens is 429 g/mol. The molecule has 1 amide bonds. The molecule has 31 heavy (non-hydrogen) atoms. The number of aryl methyl sites for hydroxylation is 1. The Labute approximate surface area is 190 Å². The average Bonchev–Trinajstić information content (AvgIpc) is 3.31. The van der Waals surface area contributed by atoms with Gasteiger partial charge in [0.25, 0.3) is 5.91 Å². The number of para-hydroxylation sites is 1. The Balaban J connectivity index is 1.82. The number of hydrogen-bond donors (Lipinski definition) is 0. The van der Waals surface area contributed by atoms with Crippen molar-refractivity contribution in [1.29, 1.82) is 0 Å². The van der Waals surface area contributed by atoms with Crippen molar-refractivity contribution in [2.75, 3.05) is 0 Å². The molecule has 0 bridgehead atoms. The monoisotopic (exact) mass is 451 g/mol. The number of benzene rings is 2. The largest absolute Gasteiger partial charge is 0.290 e. The van der Waals surface area contributed by atoms with Crippen LogP contribution in [0, 0.1) is 12.7 Å². The van der Waals surface area contributed by atoms with E-state index in [-0.39, 0.29) is 17.8 Å². The Kier molecular flexibility index (Phi) is 6.07. The summed E-state index contributed by atoms with van der Waals surface area (Å²) in [6.07, 6.45) is 4.49. The van der Waals surface area contributed by atoms with Crippen LogP contribution in [0.3, 0.4) is 0 Å². The number of thioether (sulfide) groups is 1. The zero-order valence-corrected chi connectivity index (χ0v) is 19.1. The standard InChI is InChI=1S/C24H22FN3OS2/c1-4-16(3)28-23(29)21(31-24(28)30)13-18-14-27(19-8-6-5-7-9-19)26-22(18)17-11-10-15(2)20(25)12-17/h5-14,16H,4H2,1-3H3/b21-13+. The first kappa shape index (κ1) is 21.5. The maximum atomic E-state index is 14.3. The SMILES string of the molecule is CCC(C)N1C(=O)/C(=C\c2cn(-c3ccccc3)nc2-c2ccc(C)c(F)c2)SC1=S. The Bertz CT molecular complexity index is 1190. The van der Waals surface area contributed by atoms with Crippen LogP contribution >= 0.6 is 24.0 Å².